The Balaban J connectivity index is 2.36. The van der Waals surface area contributed by atoms with E-state index in [-0.39, 0.29) is 5.78 Å². The molecule has 0 bridgehead atoms. The zero-order valence-corrected chi connectivity index (χ0v) is 8.66. The minimum absolute atomic E-state index is 0.153. The molecule has 0 saturated carbocycles. The number of rotatable bonds is 2. The Hall–Kier alpha value is -1.31. The van der Waals surface area contributed by atoms with Gasteiger partial charge in [-0.3, -0.25) is 4.79 Å². The monoisotopic (exact) mass is 189 g/mol. The lowest BCUT2D eigenvalue weighted by atomic mass is 10.00. The van der Waals surface area contributed by atoms with E-state index in [9.17, 15) is 4.79 Å². The van der Waals surface area contributed by atoms with E-state index in [0.29, 0.717) is 6.04 Å². The molecule has 1 aromatic rings. The summed E-state index contributed by atoms with van der Waals surface area (Å²) in [6.07, 6.45) is 1.23. The molecule has 0 N–H and O–H groups in total. The van der Waals surface area contributed by atoms with Crippen molar-refractivity contribution in [3.8, 4) is 0 Å². The second-order valence-corrected chi connectivity index (χ2v) is 3.90. The number of ketones is 1. The van der Waals surface area contributed by atoms with Gasteiger partial charge in [0.1, 0.15) is 0 Å². The third-order valence-electron chi connectivity index (χ3n) is 2.91. The molecule has 0 spiro atoms. The fourth-order valence-corrected chi connectivity index (χ4v) is 1.90. The van der Waals surface area contributed by atoms with E-state index in [2.05, 4.69) is 11.8 Å². The van der Waals surface area contributed by atoms with E-state index in [0.717, 1.165) is 17.8 Å². The first kappa shape index (κ1) is 9.25. The molecule has 1 saturated heterocycles. The van der Waals surface area contributed by atoms with Crippen LogP contribution in [0.1, 0.15) is 30.6 Å². The second-order valence-electron chi connectivity index (χ2n) is 3.90. The minimum atomic E-state index is 0.153. The molecule has 1 unspecified atom stereocenters. The summed E-state index contributed by atoms with van der Waals surface area (Å²) >= 11 is 0. The average molecular weight is 189 g/mol. The summed E-state index contributed by atoms with van der Waals surface area (Å²) in [5.74, 6) is 0.153. The van der Waals surface area contributed by atoms with Gasteiger partial charge in [-0.05, 0) is 32.4 Å². The highest BCUT2D eigenvalue weighted by molar-refractivity contribution is 5.99. The number of nitrogens with zero attached hydrogens (tertiary/aromatic N) is 1. The number of para-hydroxylation sites is 1. The van der Waals surface area contributed by atoms with Crippen molar-refractivity contribution in [2.24, 2.45) is 0 Å². The van der Waals surface area contributed by atoms with Gasteiger partial charge >= 0.3 is 0 Å². The van der Waals surface area contributed by atoms with Crippen molar-refractivity contribution in [1.29, 1.82) is 0 Å². The Bertz CT molecular complexity index is 359. The van der Waals surface area contributed by atoms with Crippen LogP contribution >= 0.6 is 0 Å². The molecule has 1 atom stereocenters. The van der Waals surface area contributed by atoms with E-state index >= 15 is 0 Å². The number of hydrogen-bond donors (Lipinski definition) is 0. The second kappa shape index (κ2) is 3.45. The topological polar surface area (TPSA) is 20.3 Å². The third-order valence-corrected chi connectivity index (χ3v) is 2.91. The molecule has 1 aliphatic heterocycles. The molecule has 1 aromatic carbocycles. The first-order valence-electron chi connectivity index (χ1n) is 5.07. The average Bonchev–Trinajstić information content (AvgIpc) is 2.16. The largest absolute Gasteiger partial charge is 0.368 e. The minimum Gasteiger partial charge on any atom is -0.368 e. The van der Waals surface area contributed by atoms with Crippen molar-refractivity contribution in [3.63, 3.8) is 0 Å². The van der Waals surface area contributed by atoms with Crippen molar-refractivity contribution < 1.29 is 4.79 Å². The standard InChI is InChI=1S/C12H15NO/c1-9-7-8-13(9)12-6-4-3-5-11(12)10(2)14/h3-6,9H,7-8H2,1-2H3. The highest BCUT2D eigenvalue weighted by atomic mass is 16.1. The fourth-order valence-electron chi connectivity index (χ4n) is 1.90. The molecule has 0 aromatic heterocycles. The van der Waals surface area contributed by atoms with Gasteiger partial charge in [0.2, 0.25) is 0 Å². The Morgan fingerprint density at radius 3 is 2.64 bits per heavy atom. The third kappa shape index (κ3) is 1.41. The first-order valence-corrected chi connectivity index (χ1v) is 5.07. The molecule has 2 nitrogen and oxygen atoms in total. The smallest absolute Gasteiger partial charge is 0.161 e. The number of Topliss-reactive ketones (excluding diaryl/α,β-unsaturated/α-hetero) is 1. The molecular formula is C12H15NO. The van der Waals surface area contributed by atoms with Crippen LogP contribution in [-0.2, 0) is 0 Å². The number of hydrogen-bond acceptors (Lipinski definition) is 2. The predicted octanol–water partition coefficient (Wildman–Crippen LogP) is 2.49. The Morgan fingerprint density at radius 2 is 2.14 bits per heavy atom. The number of carbonyl (C=O) groups excluding carboxylic acids is 1. The van der Waals surface area contributed by atoms with Gasteiger partial charge < -0.3 is 4.90 Å². The summed E-state index contributed by atoms with van der Waals surface area (Å²) in [5, 5.41) is 0. The van der Waals surface area contributed by atoms with Gasteiger partial charge in [0, 0.05) is 23.8 Å². The normalized spacial score (nSPS) is 20.4. The van der Waals surface area contributed by atoms with Gasteiger partial charge in [-0.15, -0.1) is 0 Å². The number of anilines is 1. The van der Waals surface area contributed by atoms with E-state index in [1.54, 1.807) is 6.92 Å². The predicted molar refractivity (Wildman–Crippen MR) is 57.9 cm³/mol. The van der Waals surface area contributed by atoms with Gasteiger partial charge in [-0.25, -0.2) is 0 Å². The molecule has 74 valence electrons. The lowest BCUT2D eigenvalue weighted by molar-refractivity contribution is 0.101. The number of carbonyl (C=O) groups is 1. The van der Waals surface area contributed by atoms with Crippen molar-refractivity contribution in [1.82, 2.24) is 0 Å². The van der Waals surface area contributed by atoms with E-state index < -0.39 is 0 Å². The van der Waals surface area contributed by atoms with Gasteiger partial charge in [0.25, 0.3) is 0 Å². The maximum absolute atomic E-state index is 11.4. The Labute approximate surface area is 84.5 Å². The van der Waals surface area contributed by atoms with Crippen LogP contribution in [0.5, 0.6) is 0 Å². The van der Waals surface area contributed by atoms with Gasteiger partial charge in [0.05, 0.1) is 0 Å². The highest BCUT2D eigenvalue weighted by Crippen LogP contribution is 2.29. The number of benzene rings is 1. The van der Waals surface area contributed by atoms with Gasteiger partial charge in [-0.1, -0.05) is 12.1 Å². The Morgan fingerprint density at radius 1 is 1.43 bits per heavy atom. The van der Waals surface area contributed by atoms with Crippen LogP contribution in [-0.4, -0.2) is 18.4 Å². The molecule has 0 aliphatic carbocycles. The molecule has 14 heavy (non-hydrogen) atoms. The summed E-state index contributed by atoms with van der Waals surface area (Å²) in [6.45, 7) is 4.90. The van der Waals surface area contributed by atoms with E-state index in [1.807, 2.05) is 24.3 Å². The van der Waals surface area contributed by atoms with Crippen molar-refractivity contribution >= 4 is 11.5 Å². The van der Waals surface area contributed by atoms with Crippen molar-refractivity contribution in [3.05, 3.63) is 29.8 Å². The molecular weight excluding hydrogens is 174 g/mol. The van der Waals surface area contributed by atoms with Crippen LogP contribution in [0.3, 0.4) is 0 Å². The van der Waals surface area contributed by atoms with Crippen molar-refractivity contribution in [2.45, 2.75) is 26.3 Å². The van der Waals surface area contributed by atoms with Crippen LogP contribution in [0.4, 0.5) is 5.69 Å². The molecule has 1 heterocycles. The molecule has 0 amide bonds. The van der Waals surface area contributed by atoms with E-state index in [4.69, 9.17) is 0 Å². The summed E-state index contributed by atoms with van der Waals surface area (Å²) in [5.41, 5.74) is 1.94. The van der Waals surface area contributed by atoms with Crippen LogP contribution < -0.4 is 4.90 Å². The fraction of sp³-hybridized carbons (Fsp3) is 0.417. The molecule has 2 heteroatoms. The van der Waals surface area contributed by atoms with Gasteiger partial charge in [0.15, 0.2) is 5.78 Å². The first-order chi connectivity index (χ1) is 6.70. The summed E-state index contributed by atoms with van der Waals surface area (Å²) in [4.78, 5) is 13.7. The quantitative estimate of drug-likeness (QED) is 0.666. The molecule has 0 radical (unpaired) electrons. The lowest BCUT2D eigenvalue weighted by Gasteiger charge is -2.41. The molecule has 1 fully saturated rings. The lowest BCUT2D eigenvalue weighted by Crippen LogP contribution is -2.46. The van der Waals surface area contributed by atoms with Crippen LogP contribution in [0.15, 0.2) is 24.3 Å². The maximum atomic E-state index is 11.4. The van der Waals surface area contributed by atoms with Gasteiger partial charge in [-0.2, -0.15) is 0 Å². The highest BCUT2D eigenvalue weighted by Gasteiger charge is 2.25. The summed E-state index contributed by atoms with van der Waals surface area (Å²) < 4.78 is 0. The maximum Gasteiger partial charge on any atom is 0.161 e. The van der Waals surface area contributed by atoms with Crippen LogP contribution in [0.2, 0.25) is 0 Å². The van der Waals surface area contributed by atoms with Crippen LogP contribution in [0.25, 0.3) is 0 Å². The van der Waals surface area contributed by atoms with E-state index in [1.165, 1.54) is 6.42 Å². The Kier molecular flexibility index (Phi) is 2.28. The zero-order chi connectivity index (χ0) is 10.1. The van der Waals surface area contributed by atoms with Crippen LogP contribution in [0, 0.1) is 0 Å². The summed E-state index contributed by atoms with van der Waals surface area (Å²) in [7, 11) is 0. The SMILES string of the molecule is CC(=O)c1ccccc1N1CCC1C. The molecule has 1 aliphatic rings. The van der Waals surface area contributed by atoms with Crippen molar-refractivity contribution in [2.75, 3.05) is 11.4 Å². The summed E-state index contributed by atoms with van der Waals surface area (Å²) in [6, 6.07) is 8.43. The molecule has 2 rings (SSSR count). The zero-order valence-electron chi connectivity index (χ0n) is 8.66.